The molecule has 1 fully saturated rings. The van der Waals surface area contributed by atoms with E-state index in [1.807, 2.05) is 6.07 Å². The van der Waals surface area contributed by atoms with Crippen molar-refractivity contribution in [3.8, 4) is 0 Å². The second-order valence-electron chi connectivity index (χ2n) is 4.68. The maximum Gasteiger partial charge on any atom is 0.419 e. The third kappa shape index (κ3) is 2.18. The topological polar surface area (TPSA) is 47.2 Å². The summed E-state index contributed by atoms with van der Waals surface area (Å²) in [6.45, 7) is 2.15. The molecule has 2 aromatic rings. The number of hydrogen-bond acceptors (Lipinski definition) is 3. The number of fused-ring (bicyclic) bond motifs is 1. The fourth-order valence-electron chi connectivity index (χ4n) is 2.55. The van der Waals surface area contributed by atoms with E-state index in [1.165, 1.54) is 5.56 Å². The lowest BCUT2D eigenvalue weighted by Crippen LogP contribution is -2.26. The van der Waals surface area contributed by atoms with Crippen molar-refractivity contribution in [3.63, 3.8) is 0 Å². The van der Waals surface area contributed by atoms with Crippen LogP contribution in [0.5, 0.6) is 0 Å². The fourth-order valence-corrected chi connectivity index (χ4v) is 2.55. The lowest BCUT2D eigenvalue weighted by molar-refractivity contribution is 0.460. The van der Waals surface area contributed by atoms with Crippen molar-refractivity contribution >= 4 is 23.5 Å². The summed E-state index contributed by atoms with van der Waals surface area (Å²) in [4.78, 5) is 11.4. The van der Waals surface area contributed by atoms with Gasteiger partial charge in [0.15, 0.2) is 5.58 Å². The van der Waals surface area contributed by atoms with E-state index in [0.29, 0.717) is 11.5 Å². The lowest BCUT2D eigenvalue weighted by Gasteiger charge is -2.22. The second-order valence-corrected chi connectivity index (χ2v) is 4.68. The third-order valence-electron chi connectivity index (χ3n) is 3.63. The molecule has 0 amide bonds. The van der Waals surface area contributed by atoms with E-state index in [0.717, 1.165) is 31.4 Å². The highest BCUT2D eigenvalue weighted by Crippen LogP contribution is 2.27. The number of hydrogen-bond donors (Lipinski definition) is 1. The zero-order valence-corrected chi connectivity index (χ0v) is 11.1. The number of aryl methyl sites for hydroxylation is 1. The number of piperidine rings is 1. The minimum absolute atomic E-state index is 0. The molecule has 4 nitrogen and oxygen atoms in total. The largest absolute Gasteiger partial charge is 0.419 e. The Morgan fingerprint density at radius 2 is 2.06 bits per heavy atom. The molecule has 0 bridgehead atoms. The highest BCUT2D eigenvalue weighted by atomic mass is 35.5. The molecule has 0 radical (unpaired) electrons. The molecule has 1 saturated heterocycles. The van der Waals surface area contributed by atoms with Crippen LogP contribution in [0.3, 0.4) is 0 Å². The monoisotopic (exact) mass is 268 g/mol. The van der Waals surface area contributed by atoms with Crippen molar-refractivity contribution in [1.29, 1.82) is 0 Å². The zero-order valence-electron chi connectivity index (χ0n) is 10.3. The molecule has 1 aliphatic heterocycles. The van der Waals surface area contributed by atoms with Gasteiger partial charge in [-0.2, -0.15) is 0 Å². The zero-order chi connectivity index (χ0) is 11.8. The van der Waals surface area contributed by atoms with Crippen LogP contribution >= 0.6 is 12.4 Å². The molecule has 5 heteroatoms. The first kappa shape index (κ1) is 13.2. The normalized spacial score (nSPS) is 16.7. The minimum Gasteiger partial charge on any atom is -0.408 e. The van der Waals surface area contributed by atoms with Crippen LogP contribution in [-0.2, 0) is 7.05 Å². The molecule has 1 aromatic carbocycles. The molecular weight excluding hydrogens is 252 g/mol. The van der Waals surface area contributed by atoms with Crippen LogP contribution < -0.4 is 11.1 Å². The van der Waals surface area contributed by atoms with Crippen LogP contribution in [0.15, 0.2) is 27.4 Å². The van der Waals surface area contributed by atoms with Gasteiger partial charge in [0.1, 0.15) is 0 Å². The standard InChI is InChI=1S/C13H16N2O2.ClH/c1-15-11-8-10(9-4-6-14-7-5-9)2-3-12(11)17-13(15)16;/h2-3,8-9,14H,4-7H2,1H3;1H. The van der Waals surface area contributed by atoms with Gasteiger partial charge >= 0.3 is 5.76 Å². The van der Waals surface area contributed by atoms with Crippen molar-refractivity contribution in [2.24, 2.45) is 7.05 Å². The Bertz CT molecular complexity index is 597. The first-order valence-corrected chi connectivity index (χ1v) is 6.06. The van der Waals surface area contributed by atoms with E-state index in [4.69, 9.17) is 4.42 Å². The molecule has 2 heterocycles. The first-order chi connectivity index (χ1) is 8.25. The highest BCUT2D eigenvalue weighted by molar-refractivity contribution is 5.85. The third-order valence-corrected chi connectivity index (χ3v) is 3.63. The SMILES string of the molecule is Cl.Cn1c(=O)oc2ccc(C3CCNCC3)cc21. The van der Waals surface area contributed by atoms with Crippen LogP contribution in [0.25, 0.3) is 11.1 Å². The number of nitrogens with zero attached hydrogens (tertiary/aromatic N) is 1. The van der Waals surface area contributed by atoms with E-state index in [2.05, 4.69) is 17.4 Å². The summed E-state index contributed by atoms with van der Waals surface area (Å²) in [5.74, 6) is 0.313. The summed E-state index contributed by atoms with van der Waals surface area (Å²) < 4.78 is 6.71. The number of benzene rings is 1. The molecular formula is C13H17ClN2O2. The summed E-state index contributed by atoms with van der Waals surface area (Å²) in [5, 5.41) is 3.36. The molecule has 18 heavy (non-hydrogen) atoms. The Kier molecular flexibility index (Phi) is 3.78. The van der Waals surface area contributed by atoms with Crippen molar-refractivity contribution in [3.05, 3.63) is 34.3 Å². The minimum atomic E-state index is -0.289. The summed E-state index contributed by atoms with van der Waals surface area (Å²) in [6.07, 6.45) is 2.33. The molecule has 0 spiro atoms. The molecule has 0 saturated carbocycles. The van der Waals surface area contributed by atoms with Gasteiger partial charge in [0.25, 0.3) is 0 Å². The Morgan fingerprint density at radius 1 is 1.33 bits per heavy atom. The van der Waals surface area contributed by atoms with Gasteiger partial charge in [-0.25, -0.2) is 4.79 Å². The van der Waals surface area contributed by atoms with E-state index < -0.39 is 0 Å². The predicted octanol–water partition coefficient (Wildman–Crippen LogP) is 2.02. The average molecular weight is 269 g/mol. The van der Waals surface area contributed by atoms with Gasteiger partial charge in [-0.1, -0.05) is 6.07 Å². The molecule has 98 valence electrons. The Balaban J connectivity index is 0.00000120. The highest BCUT2D eigenvalue weighted by Gasteiger charge is 2.16. The van der Waals surface area contributed by atoms with E-state index in [1.54, 1.807) is 11.6 Å². The van der Waals surface area contributed by atoms with Gasteiger partial charge in [0, 0.05) is 7.05 Å². The van der Waals surface area contributed by atoms with Gasteiger partial charge < -0.3 is 9.73 Å². The Morgan fingerprint density at radius 3 is 2.78 bits per heavy atom. The van der Waals surface area contributed by atoms with Gasteiger partial charge in [-0.05, 0) is 49.5 Å². The molecule has 1 N–H and O–H groups in total. The number of halogens is 1. The van der Waals surface area contributed by atoms with Gasteiger partial charge in [-0.15, -0.1) is 12.4 Å². The van der Waals surface area contributed by atoms with Crippen molar-refractivity contribution < 1.29 is 4.42 Å². The predicted molar refractivity (Wildman–Crippen MR) is 73.5 cm³/mol. The van der Waals surface area contributed by atoms with Crippen LogP contribution in [0.2, 0.25) is 0 Å². The van der Waals surface area contributed by atoms with Crippen molar-refractivity contribution in [2.45, 2.75) is 18.8 Å². The lowest BCUT2D eigenvalue weighted by atomic mass is 9.90. The smallest absolute Gasteiger partial charge is 0.408 e. The Labute approximate surface area is 111 Å². The number of rotatable bonds is 1. The summed E-state index contributed by atoms with van der Waals surface area (Å²) in [5.41, 5.74) is 2.89. The number of nitrogens with one attached hydrogen (secondary N) is 1. The summed E-state index contributed by atoms with van der Waals surface area (Å²) in [6, 6.07) is 6.09. The maximum atomic E-state index is 11.4. The Hall–Kier alpha value is -1.26. The van der Waals surface area contributed by atoms with E-state index in [9.17, 15) is 4.79 Å². The van der Waals surface area contributed by atoms with Crippen molar-refractivity contribution in [2.75, 3.05) is 13.1 Å². The van der Waals surface area contributed by atoms with Crippen LogP contribution in [0.4, 0.5) is 0 Å². The van der Waals surface area contributed by atoms with E-state index in [-0.39, 0.29) is 18.2 Å². The van der Waals surface area contributed by atoms with Gasteiger partial charge in [0.2, 0.25) is 0 Å². The molecule has 1 aliphatic rings. The first-order valence-electron chi connectivity index (χ1n) is 6.06. The van der Waals surface area contributed by atoms with Crippen LogP contribution in [0.1, 0.15) is 24.3 Å². The van der Waals surface area contributed by atoms with E-state index >= 15 is 0 Å². The molecule has 3 rings (SSSR count). The maximum absolute atomic E-state index is 11.4. The summed E-state index contributed by atoms with van der Waals surface area (Å²) >= 11 is 0. The van der Waals surface area contributed by atoms with Crippen LogP contribution in [0, 0.1) is 0 Å². The fraction of sp³-hybridized carbons (Fsp3) is 0.462. The van der Waals surface area contributed by atoms with Gasteiger partial charge in [0.05, 0.1) is 5.52 Å². The molecule has 0 atom stereocenters. The number of oxazole rings is 1. The molecule has 1 aromatic heterocycles. The summed E-state index contributed by atoms with van der Waals surface area (Å²) in [7, 11) is 1.75. The number of aromatic nitrogens is 1. The van der Waals surface area contributed by atoms with Crippen molar-refractivity contribution in [1.82, 2.24) is 9.88 Å². The average Bonchev–Trinajstić information content (AvgIpc) is 2.66. The van der Waals surface area contributed by atoms with Gasteiger partial charge in [-0.3, -0.25) is 4.57 Å². The quantitative estimate of drug-likeness (QED) is 0.861. The van der Waals surface area contributed by atoms with Crippen LogP contribution in [-0.4, -0.2) is 17.7 Å². The molecule has 0 aliphatic carbocycles. The second kappa shape index (κ2) is 5.16. The molecule has 0 unspecified atom stereocenters.